The second-order valence-corrected chi connectivity index (χ2v) is 5.93. The van der Waals surface area contributed by atoms with Crippen molar-refractivity contribution in [1.29, 1.82) is 0 Å². The summed E-state index contributed by atoms with van der Waals surface area (Å²) in [4.78, 5) is 25.2. The molecule has 2 saturated heterocycles. The molecule has 108 valence electrons. The average molecular weight is 274 g/mol. The Morgan fingerprint density at radius 1 is 1.10 bits per heavy atom. The topological polar surface area (TPSA) is 49.3 Å². The summed E-state index contributed by atoms with van der Waals surface area (Å²) in [7, 11) is 0. The quantitative estimate of drug-likeness (QED) is 0.827. The molecule has 0 bridgehead atoms. The van der Waals surface area contributed by atoms with Crippen LogP contribution in [0.1, 0.15) is 43.1 Å². The molecule has 5 nitrogen and oxygen atoms in total. The van der Waals surface area contributed by atoms with E-state index in [0.717, 1.165) is 50.8 Å². The van der Waals surface area contributed by atoms with Crippen LogP contribution in [0.25, 0.3) is 0 Å². The normalized spacial score (nSPS) is 20.4. The van der Waals surface area contributed by atoms with Gasteiger partial charge in [-0.25, -0.2) is 9.97 Å². The van der Waals surface area contributed by atoms with Crippen LogP contribution in [0.15, 0.2) is 12.4 Å². The molecule has 1 aromatic heterocycles. The minimum Gasteiger partial charge on any atom is -0.355 e. The number of piperidine rings is 1. The Bertz CT molecular complexity index is 459. The first-order valence-corrected chi connectivity index (χ1v) is 7.60. The fourth-order valence-corrected chi connectivity index (χ4v) is 2.91. The van der Waals surface area contributed by atoms with Gasteiger partial charge in [0.05, 0.1) is 12.4 Å². The molecule has 0 saturated carbocycles. The molecule has 0 spiro atoms. The van der Waals surface area contributed by atoms with E-state index < -0.39 is 0 Å². The van der Waals surface area contributed by atoms with Crippen LogP contribution in [0.2, 0.25) is 0 Å². The predicted octanol–water partition coefficient (Wildman–Crippen LogP) is 1.95. The third-order valence-electron chi connectivity index (χ3n) is 4.36. The third-order valence-corrected chi connectivity index (χ3v) is 4.36. The first-order chi connectivity index (χ1) is 9.74. The minimum absolute atomic E-state index is 0.0253. The maximum atomic E-state index is 12.3. The molecule has 2 aliphatic heterocycles. The lowest BCUT2D eigenvalue weighted by Crippen LogP contribution is -2.38. The fraction of sp³-hybridized carbons (Fsp3) is 0.667. The number of aromatic nitrogens is 2. The van der Waals surface area contributed by atoms with E-state index >= 15 is 0 Å². The number of nitrogens with zero attached hydrogens (tertiary/aromatic N) is 4. The molecule has 1 aromatic rings. The van der Waals surface area contributed by atoms with Crippen molar-refractivity contribution in [2.24, 2.45) is 5.92 Å². The second-order valence-electron chi connectivity index (χ2n) is 5.93. The zero-order valence-corrected chi connectivity index (χ0v) is 12.1. The van der Waals surface area contributed by atoms with E-state index in [9.17, 15) is 4.79 Å². The van der Waals surface area contributed by atoms with E-state index in [4.69, 9.17) is 0 Å². The molecule has 2 aliphatic rings. The van der Waals surface area contributed by atoms with Crippen molar-refractivity contribution in [2.75, 3.05) is 31.1 Å². The van der Waals surface area contributed by atoms with Gasteiger partial charge in [0.1, 0.15) is 11.5 Å². The maximum Gasteiger partial charge on any atom is 0.274 e. The van der Waals surface area contributed by atoms with Gasteiger partial charge in [0.25, 0.3) is 5.91 Å². The lowest BCUT2D eigenvalue weighted by Gasteiger charge is -2.30. The summed E-state index contributed by atoms with van der Waals surface area (Å²) in [6, 6.07) is 0. The molecule has 0 radical (unpaired) electrons. The maximum absolute atomic E-state index is 12.3. The van der Waals surface area contributed by atoms with Gasteiger partial charge in [0.15, 0.2) is 0 Å². The first-order valence-electron chi connectivity index (χ1n) is 7.60. The lowest BCUT2D eigenvalue weighted by molar-refractivity contribution is 0.0691. The van der Waals surface area contributed by atoms with Gasteiger partial charge in [-0.05, 0) is 31.6 Å². The Hall–Kier alpha value is -1.65. The first kappa shape index (κ1) is 13.3. The Kier molecular flexibility index (Phi) is 3.85. The van der Waals surface area contributed by atoms with Gasteiger partial charge in [-0.1, -0.05) is 6.92 Å². The molecule has 0 unspecified atom stereocenters. The van der Waals surface area contributed by atoms with Gasteiger partial charge in [-0.3, -0.25) is 4.79 Å². The smallest absolute Gasteiger partial charge is 0.274 e. The number of amides is 1. The molecule has 0 aromatic carbocycles. The Labute approximate surface area is 120 Å². The monoisotopic (exact) mass is 274 g/mol. The Morgan fingerprint density at radius 3 is 2.40 bits per heavy atom. The predicted molar refractivity (Wildman–Crippen MR) is 77.8 cm³/mol. The van der Waals surface area contributed by atoms with Gasteiger partial charge in [-0.2, -0.15) is 0 Å². The summed E-state index contributed by atoms with van der Waals surface area (Å²) in [5, 5.41) is 0. The molecule has 1 amide bonds. The molecule has 3 rings (SSSR count). The van der Waals surface area contributed by atoms with Crippen molar-refractivity contribution >= 4 is 11.7 Å². The van der Waals surface area contributed by atoms with Crippen LogP contribution in [0.5, 0.6) is 0 Å². The summed E-state index contributed by atoms with van der Waals surface area (Å²) in [5.74, 6) is 1.64. The highest BCUT2D eigenvalue weighted by Crippen LogP contribution is 2.19. The minimum atomic E-state index is 0.0253. The molecular weight excluding hydrogens is 252 g/mol. The molecule has 0 N–H and O–H groups in total. The highest BCUT2D eigenvalue weighted by Gasteiger charge is 2.23. The number of carbonyl (C=O) groups is 1. The van der Waals surface area contributed by atoms with Crippen LogP contribution < -0.4 is 4.90 Å². The van der Waals surface area contributed by atoms with E-state index in [2.05, 4.69) is 21.8 Å². The van der Waals surface area contributed by atoms with Gasteiger partial charge in [0, 0.05) is 26.2 Å². The van der Waals surface area contributed by atoms with E-state index in [1.54, 1.807) is 12.4 Å². The zero-order chi connectivity index (χ0) is 13.9. The Balaban J connectivity index is 1.66. The summed E-state index contributed by atoms with van der Waals surface area (Å²) < 4.78 is 0. The van der Waals surface area contributed by atoms with Gasteiger partial charge < -0.3 is 9.80 Å². The summed E-state index contributed by atoms with van der Waals surface area (Å²) in [5.41, 5.74) is 0.475. The van der Waals surface area contributed by atoms with Crippen LogP contribution in [0.3, 0.4) is 0 Å². The van der Waals surface area contributed by atoms with Gasteiger partial charge in [-0.15, -0.1) is 0 Å². The number of hydrogen-bond acceptors (Lipinski definition) is 4. The summed E-state index contributed by atoms with van der Waals surface area (Å²) >= 11 is 0. The van der Waals surface area contributed by atoms with E-state index in [1.165, 1.54) is 12.8 Å². The number of rotatable bonds is 2. The molecule has 2 fully saturated rings. The third kappa shape index (κ3) is 2.76. The van der Waals surface area contributed by atoms with Crippen molar-refractivity contribution < 1.29 is 4.79 Å². The van der Waals surface area contributed by atoms with Crippen molar-refractivity contribution in [3.8, 4) is 0 Å². The molecule has 5 heteroatoms. The van der Waals surface area contributed by atoms with Crippen molar-refractivity contribution in [3.05, 3.63) is 18.1 Å². The fourth-order valence-electron chi connectivity index (χ4n) is 2.91. The van der Waals surface area contributed by atoms with Crippen molar-refractivity contribution in [3.63, 3.8) is 0 Å². The van der Waals surface area contributed by atoms with Crippen LogP contribution >= 0.6 is 0 Å². The largest absolute Gasteiger partial charge is 0.355 e. The zero-order valence-electron chi connectivity index (χ0n) is 12.1. The van der Waals surface area contributed by atoms with Crippen LogP contribution in [-0.2, 0) is 0 Å². The van der Waals surface area contributed by atoms with E-state index in [0.29, 0.717) is 5.69 Å². The van der Waals surface area contributed by atoms with Crippen LogP contribution in [0, 0.1) is 5.92 Å². The van der Waals surface area contributed by atoms with Crippen molar-refractivity contribution in [2.45, 2.75) is 32.6 Å². The van der Waals surface area contributed by atoms with Gasteiger partial charge >= 0.3 is 0 Å². The molecule has 0 aliphatic carbocycles. The van der Waals surface area contributed by atoms with Gasteiger partial charge in [0.2, 0.25) is 0 Å². The molecule has 0 atom stereocenters. The highest BCUT2D eigenvalue weighted by molar-refractivity contribution is 5.92. The standard InChI is InChI=1S/C15H22N4O/c1-12-4-8-19(9-5-12)15(20)13-10-17-14(11-16-13)18-6-2-3-7-18/h10-12H,2-9H2,1H3. The highest BCUT2D eigenvalue weighted by atomic mass is 16.2. The summed E-state index contributed by atoms with van der Waals surface area (Å²) in [6.07, 6.45) is 7.98. The summed E-state index contributed by atoms with van der Waals surface area (Å²) in [6.45, 7) is 6.02. The van der Waals surface area contributed by atoms with E-state index in [-0.39, 0.29) is 5.91 Å². The number of likely N-dealkylation sites (tertiary alicyclic amines) is 1. The molecule has 20 heavy (non-hydrogen) atoms. The lowest BCUT2D eigenvalue weighted by atomic mass is 9.99. The number of carbonyl (C=O) groups excluding carboxylic acids is 1. The van der Waals surface area contributed by atoms with E-state index in [1.807, 2.05) is 4.90 Å². The molecular formula is C15H22N4O. The second kappa shape index (κ2) is 5.77. The van der Waals surface area contributed by atoms with Crippen molar-refractivity contribution in [1.82, 2.24) is 14.9 Å². The SMILES string of the molecule is CC1CCN(C(=O)c2cnc(N3CCCC3)cn2)CC1. The molecule has 3 heterocycles. The number of anilines is 1. The van der Waals surface area contributed by atoms with Crippen LogP contribution in [-0.4, -0.2) is 47.0 Å². The Morgan fingerprint density at radius 2 is 1.80 bits per heavy atom. The average Bonchev–Trinajstić information content (AvgIpc) is 3.02. The number of hydrogen-bond donors (Lipinski definition) is 0. The van der Waals surface area contributed by atoms with Crippen LogP contribution in [0.4, 0.5) is 5.82 Å².